The highest BCUT2D eigenvalue weighted by Crippen LogP contribution is 2.38. The number of aliphatic hydroxyl groups excluding tert-OH is 1. The second-order valence-electron chi connectivity index (χ2n) is 24.9. The van der Waals surface area contributed by atoms with Crippen LogP contribution in [0.15, 0.2) is 12.2 Å². The maximum absolute atomic E-state index is 13.0. The van der Waals surface area contributed by atoms with Gasteiger partial charge in [0.15, 0.2) is 0 Å². The van der Waals surface area contributed by atoms with Crippen molar-refractivity contribution in [3.8, 4) is 0 Å². The SMILES string of the molecule is CCCCCCCCCCCCCCCC/C=C/C(O)C(COP(=O)([O-])OCC[N+](C)(C)C)NC(=O)CCCCCCCCCCCCCCCCCCCCCCCCCCCCCCCCCCCCCCCC. The van der Waals surface area contributed by atoms with Crippen LogP contribution in [0.4, 0.5) is 0 Å². The number of allylic oxidation sites excluding steroid dienone is 1. The summed E-state index contributed by atoms with van der Waals surface area (Å²) in [5.41, 5.74) is 0. The molecule has 0 rings (SSSR count). The molecule has 0 aliphatic heterocycles. The number of nitrogens with one attached hydrogen (secondary N) is 1. The Hall–Kier alpha value is -0.760. The summed E-state index contributed by atoms with van der Waals surface area (Å²) >= 11 is 0. The number of phosphoric acid groups is 1. The molecule has 3 atom stereocenters. The van der Waals surface area contributed by atoms with E-state index in [0.29, 0.717) is 17.4 Å². The third kappa shape index (κ3) is 60.9. The summed E-state index contributed by atoms with van der Waals surface area (Å²) in [6.45, 7) is 4.71. The first kappa shape index (κ1) is 75.2. The molecule has 0 aromatic rings. The van der Waals surface area contributed by atoms with Crippen LogP contribution in [0.25, 0.3) is 0 Å². The molecule has 0 saturated carbocycles. The van der Waals surface area contributed by atoms with E-state index in [2.05, 4.69) is 19.2 Å². The first-order valence-corrected chi connectivity index (χ1v) is 35.5. The minimum atomic E-state index is -4.59. The van der Waals surface area contributed by atoms with Gasteiger partial charge in [-0.3, -0.25) is 9.36 Å². The zero-order valence-corrected chi connectivity index (χ0v) is 52.9. The molecule has 0 heterocycles. The number of carbonyl (C=O) groups is 1. The molecule has 2 N–H and O–H groups in total. The van der Waals surface area contributed by atoms with Crippen molar-refractivity contribution in [3.63, 3.8) is 0 Å². The normalized spacial score (nSPS) is 13.7. The molecule has 0 bridgehead atoms. The molecule has 0 spiro atoms. The lowest BCUT2D eigenvalue weighted by molar-refractivity contribution is -0.870. The van der Waals surface area contributed by atoms with Gasteiger partial charge >= 0.3 is 0 Å². The van der Waals surface area contributed by atoms with Crippen molar-refractivity contribution in [2.24, 2.45) is 0 Å². The van der Waals surface area contributed by atoms with Gasteiger partial charge in [0.2, 0.25) is 5.91 Å². The second-order valence-corrected chi connectivity index (χ2v) is 26.3. The number of phosphoric ester groups is 1. The van der Waals surface area contributed by atoms with Crippen LogP contribution >= 0.6 is 7.82 Å². The molecule has 454 valence electrons. The smallest absolute Gasteiger partial charge is 0.268 e. The Morgan fingerprint density at radius 2 is 0.711 bits per heavy atom. The lowest BCUT2D eigenvalue weighted by Crippen LogP contribution is -2.45. The molecule has 0 fully saturated rings. The molecular formula is C67H135N2O6P. The van der Waals surface area contributed by atoms with Crippen LogP contribution in [0.5, 0.6) is 0 Å². The lowest BCUT2D eigenvalue weighted by atomic mass is 10.0. The van der Waals surface area contributed by atoms with Gasteiger partial charge in [-0.2, -0.15) is 0 Å². The minimum absolute atomic E-state index is 0.00271. The zero-order valence-electron chi connectivity index (χ0n) is 52.0. The van der Waals surface area contributed by atoms with Gasteiger partial charge in [0, 0.05) is 6.42 Å². The molecule has 0 radical (unpaired) electrons. The predicted octanol–water partition coefficient (Wildman–Crippen LogP) is 20.7. The third-order valence-electron chi connectivity index (χ3n) is 16.0. The minimum Gasteiger partial charge on any atom is -0.756 e. The Balaban J connectivity index is 3.87. The maximum atomic E-state index is 13.0. The van der Waals surface area contributed by atoms with E-state index < -0.39 is 20.0 Å². The average molecular weight is 1100 g/mol. The Kier molecular flexibility index (Phi) is 58.3. The summed E-state index contributed by atoms with van der Waals surface area (Å²) in [4.78, 5) is 25.5. The molecule has 0 aliphatic rings. The molecule has 9 heteroatoms. The van der Waals surface area contributed by atoms with E-state index in [1.54, 1.807) is 6.08 Å². The summed E-state index contributed by atoms with van der Waals surface area (Å²) in [6, 6.07) is -0.882. The number of hydrogen-bond donors (Lipinski definition) is 2. The van der Waals surface area contributed by atoms with E-state index >= 15 is 0 Å². The van der Waals surface area contributed by atoms with Crippen molar-refractivity contribution >= 4 is 13.7 Å². The van der Waals surface area contributed by atoms with Gasteiger partial charge in [0.1, 0.15) is 13.2 Å². The van der Waals surface area contributed by atoms with Gasteiger partial charge in [0.05, 0.1) is 39.9 Å². The monoisotopic (exact) mass is 1100 g/mol. The van der Waals surface area contributed by atoms with Gasteiger partial charge in [0.25, 0.3) is 7.82 Å². The Labute approximate surface area is 475 Å². The lowest BCUT2D eigenvalue weighted by Gasteiger charge is -2.29. The van der Waals surface area contributed by atoms with Crippen molar-refractivity contribution in [3.05, 3.63) is 12.2 Å². The van der Waals surface area contributed by atoms with Crippen LogP contribution in [0, 0.1) is 0 Å². The highest BCUT2D eigenvalue weighted by atomic mass is 31.2. The number of carbonyl (C=O) groups excluding carboxylic acids is 1. The van der Waals surface area contributed by atoms with Crippen LogP contribution in [0.3, 0.4) is 0 Å². The average Bonchev–Trinajstić information content (AvgIpc) is 3.38. The van der Waals surface area contributed by atoms with Gasteiger partial charge in [-0.05, 0) is 19.3 Å². The van der Waals surface area contributed by atoms with Crippen molar-refractivity contribution in [1.82, 2.24) is 5.32 Å². The van der Waals surface area contributed by atoms with Crippen LogP contribution in [0.2, 0.25) is 0 Å². The topological polar surface area (TPSA) is 108 Å². The molecular weight excluding hydrogens is 960 g/mol. The van der Waals surface area contributed by atoms with E-state index in [1.165, 1.54) is 302 Å². The second kappa shape index (κ2) is 58.9. The van der Waals surface area contributed by atoms with E-state index in [9.17, 15) is 19.4 Å². The van der Waals surface area contributed by atoms with E-state index in [1.807, 2.05) is 27.2 Å². The standard InChI is InChI=1S/C67H135N2O6P/c1-6-8-10-12-14-16-18-20-22-24-25-26-27-28-29-30-31-32-33-34-35-36-37-38-39-40-41-42-43-44-45-47-49-51-53-55-57-59-61-67(71)68-65(64-75-76(72,73)74-63-62-69(3,4)5)66(70)60-58-56-54-52-50-48-46-23-21-19-17-15-13-11-9-7-2/h58,60,65-66,70H,6-57,59,61-64H2,1-5H3,(H-,68,71,72,73)/b60-58+. The molecule has 1 amide bonds. The summed E-state index contributed by atoms with van der Waals surface area (Å²) in [5, 5.41) is 13.9. The number of hydrogen-bond acceptors (Lipinski definition) is 6. The highest BCUT2D eigenvalue weighted by Gasteiger charge is 2.23. The van der Waals surface area contributed by atoms with Gasteiger partial charge in [-0.1, -0.05) is 347 Å². The summed E-state index contributed by atoms with van der Waals surface area (Å²) in [5.74, 6) is -0.189. The summed E-state index contributed by atoms with van der Waals surface area (Å²) in [7, 11) is 1.28. The van der Waals surface area contributed by atoms with Crippen LogP contribution in [0.1, 0.15) is 361 Å². The van der Waals surface area contributed by atoms with Crippen molar-refractivity contribution in [1.29, 1.82) is 0 Å². The van der Waals surface area contributed by atoms with E-state index in [0.717, 1.165) is 38.5 Å². The largest absolute Gasteiger partial charge is 0.756 e. The molecule has 0 aromatic heterocycles. The Morgan fingerprint density at radius 3 is 0.987 bits per heavy atom. The fraction of sp³-hybridized carbons (Fsp3) is 0.955. The van der Waals surface area contributed by atoms with Crippen molar-refractivity contribution in [2.45, 2.75) is 373 Å². The fourth-order valence-electron chi connectivity index (χ4n) is 10.7. The van der Waals surface area contributed by atoms with Crippen molar-refractivity contribution < 1.29 is 32.9 Å². The van der Waals surface area contributed by atoms with Gasteiger partial charge < -0.3 is 28.8 Å². The van der Waals surface area contributed by atoms with Gasteiger partial charge in [-0.15, -0.1) is 0 Å². The van der Waals surface area contributed by atoms with E-state index in [4.69, 9.17) is 9.05 Å². The first-order chi connectivity index (χ1) is 37.0. The number of quaternary nitrogens is 1. The van der Waals surface area contributed by atoms with Crippen LogP contribution in [-0.4, -0.2) is 68.5 Å². The molecule has 3 unspecified atom stereocenters. The summed E-state index contributed by atoms with van der Waals surface area (Å²) in [6.07, 6.45) is 74.9. The number of unbranched alkanes of at least 4 members (excludes halogenated alkanes) is 51. The quantitative estimate of drug-likeness (QED) is 0.0272. The predicted molar refractivity (Wildman–Crippen MR) is 330 cm³/mol. The summed E-state index contributed by atoms with van der Waals surface area (Å²) < 4.78 is 23.4. The molecule has 76 heavy (non-hydrogen) atoms. The third-order valence-corrected chi connectivity index (χ3v) is 17.0. The number of aliphatic hydroxyl groups is 1. The number of amides is 1. The van der Waals surface area contributed by atoms with Crippen LogP contribution < -0.4 is 10.2 Å². The van der Waals surface area contributed by atoms with Crippen LogP contribution in [-0.2, 0) is 18.4 Å². The molecule has 0 aromatic carbocycles. The Bertz CT molecular complexity index is 1240. The zero-order chi connectivity index (χ0) is 55.6. The fourth-order valence-corrected chi connectivity index (χ4v) is 11.4. The first-order valence-electron chi connectivity index (χ1n) is 34.1. The Morgan fingerprint density at radius 1 is 0.447 bits per heavy atom. The molecule has 0 aliphatic carbocycles. The molecule has 0 saturated heterocycles. The van der Waals surface area contributed by atoms with Crippen molar-refractivity contribution in [2.75, 3.05) is 40.9 Å². The molecule has 8 nitrogen and oxygen atoms in total. The maximum Gasteiger partial charge on any atom is 0.268 e. The highest BCUT2D eigenvalue weighted by molar-refractivity contribution is 7.45. The van der Waals surface area contributed by atoms with E-state index in [-0.39, 0.29) is 19.1 Å². The number of likely N-dealkylation sites (N-methyl/N-ethyl adjacent to an activating group) is 1. The van der Waals surface area contributed by atoms with Gasteiger partial charge in [-0.25, -0.2) is 0 Å². The number of nitrogens with zero attached hydrogens (tertiary/aromatic N) is 1. The number of rotatable bonds is 64.